The van der Waals surface area contributed by atoms with E-state index in [4.69, 9.17) is 0 Å². The van der Waals surface area contributed by atoms with Crippen LogP contribution in [0.25, 0.3) is 0 Å². The first kappa shape index (κ1) is 18.0. The topological polar surface area (TPSA) is 32.3 Å². The number of nitrogens with one attached hydrogen (secondary N) is 1. The molecule has 2 nitrogen and oxygen atoms in total. The van der Waals surface area contributed by atoms with E-state index in [9.17, 15) is 5.11 Å². The highest BCUT2D eigenvalue weighted by Gasteiger charge is 2.41. The van der Waals surface area contributed by atoms with Gasteiger partial charge in [0.15, 0.2) is 0 Å². The molecule has 2 N–H and O–H groups in total. The highest BCUT2D eigenvalue weighted by Crippen LogP contribution is 2.42. The predicted octanol–water partition coefficient (Wildman–Crippen LogP) is 5.78. The lowest BCUT2D eigenvalue weighted by Gasteiger charge is -2.38. The van der Waals surface area contributed by atoms with Gasteiger partial charge in [-0.15, -0.1) is 0 Å². The largest absolute Gasteiger partial charge is 0.378 e. The van der Waals surface area contributed by atoms with Crippen molar-refractivity contribution in [1.82, 2.24) is 0 Å². The number of rotatable bonds is 6. The van der Waals surface area contributed by atoms with Crippen LogP contribution in [0.1, 0.15) is 22.7 Å². The molecule has 0 saturated carbocycles. The second-order valence-corrected chi connectivity index (χ2v) is 6.85. The van der Waals surface area contributed by atoms with Gasteiger partial charge in [-0.2, -0.15) is 0 Å². The smallest absolute Gasteiger partial charge is 0.139 e. The van der Waals surface area contributed by atoms with Crippen molar-refractivity contribution < 1.29 is 5.11 Å². The molecule has 0 aliphatic carbocycles. The van der Waals surface area contributed by atoms with Crippen LogP contribution in [0.3, 0.4) is 0 Å². The zero-order valence-corrected chi connectivity index (χ0v) is 15.6. The van der Waals surface area contributed by atoms with E-state index in [1.165, 1.54) is 0 Å². The summed E-state index contributed by atoms with van der Waals surface area (Å²) in [4.78, 5) is 0. The summed E-state index contributed by atoms with van der Waals surface area (Å²) in [5, 5.41) is 15.8. The Kier molecular flexibility index (Phi) is 5.22. The van der Waals surface area contributed by atoms with Crippen molar-refractivity contribution in [3.05, 3.63) is 138 Å². The van der Waals surface area contributed by atoms with Crippen molar-refractivity contribution in [2.24, 2.45) is 0 Å². The summed E-state index contributed by atoms with van der Waals surface area (Å²) < 4.78 is 0. The summed E-state index contributed by atoms with van der Waals surface area (Å²) in [5.74, 6) is 0. The van der Waals surface area contributed by atoms with E-state index in [2.05, 4.69) is 17.4 Å². The predicted molar refractivity (Wildman–Crippen MR) is 115 cm³/mol. The maximum Gasteiger partial charge on any atom is 0.139 e. The van der Waals surface area contributed by atoms with Crippen LogP contribution < -0.4 is 5.32 Å². The van der Waals surface area contributed by atoms with Crippen LogP contribution in [-0.2, 0) is 5.60 Å². The highest BCUT2D eigenvalue weighted by molar-refractivity contribution is 5.50. The maximum atomic E-state index is 12.3. The van der Waals surface area contributed by atoms with Crippen molar-refractivity contribution in [2.75, 3.05) is 5.32 Å². The van der Waals surface area contributed by atoms with Crippen LogP contribution in [0.15, 0.2) is 121 Å². The van der Waals surface area contributed by atoms with Crippen LogP contribution >= 0.6 is 0 Å². The standard InChI is InChI=1S/C26H23NO/c28-26(22-15-7-2-8-16-22,23-17-9-3-10-18-23)25(21-13-5-1-6-14-21)27-24-19-11-4-12-20-24/h1-20,25,27-28H/t25-/m0/s1. The van der Waals surface area contributed by atoms with E-state index in [-0.39, 0.29) is 6.04 Å². The third-order valence-corrected chi connectivity index (χ3v) is 5.06. The molecule has 4 rings (SSSR count). The lowest BCUT2D eigenvalue weighted by molar-refractivity contribution is 0.0586. The maximum absolute atomic E-state index is 12.3. The molecule has 0 saturated heterocycles. The first-order valence-corrected chi connectivity index (χ1v) is 9.48. The number of aliphatic hydroxyl groups is 1. The molecular formula is C26H23NO. The Hall–Kier alpha value is -3.36. The lowest BCUT2D eigenvalue weighted by atomic mass is 9.77. The van der Waals surface area contributed by atoms with Gasteiger partial charge < -0.3 is 10.4 Å². The number of anilines is 1. The number of benzene rings is 4. The van der Waals surface area contributed by atoms with Gasteiger partial charge in [-0.3, -0.25) is 0 Å². The van der Waals surface area contributed by atoms with E-state index < -0.39 is 5.60 Å². The molecule has 0 fully saturated rings. The molecular weight excluding hydrogens is 342 g/mol. The van der Waals surface area contributed by atoms with Crippen molar-refractivity contribution >= 4 is 5.69 Å². The minimum atomic E-state index is -1.25. The zero-order valence-electron chi connectivity index (χ0n) is 15.6. The summed E-state index contributed by atoms with van der Waals surface area (Å²) in [6, 6.07) is 39.5. The van der Waals surface area contributed by atoms with Gasteiger partial charge in [0.2, 0.25) is 0 Å². The SMILES string of the molecule is OC(c1ccccc1)(c1ccccc1)[C@@H](Nc1ccccc1)c1ccccc1. The molecule has 4 aromatic carbocycles. The van der Waals surface area contributed by atoms with Crippen LogP contribution in [0.4, 0.5) is 5.69 Å². The Bertz CT molecular complexity index is 946. The summed E-state index contributed by atoms with van der Waals surface area (Å²) in [7, 11) is 0. The Morgan fingerprint density at radius 2 is 0.929 bits per heavy atom. The van der Waals surface area contributed by atoms with Crippen molar-refractivity contribution in [2.45, 2.75) is 11.6 Å². The minimum absolute atomic E-state index is 0.374. The molecule has 138 valence electrons. The van der Waals surface area contributed by atoms with Crippen molar-refractivity contribution in [1.29, 1.82) is 0 Å². The van der Waals surface area contributed by atoms with Crippen LogP contribution in [0.2, 0.25) is 0 Å². The van der Waals surface area contributed by atoms with Crippen LogP contribution in [0.5, 0.6) is 0 Å². The Labute approximate surface area is 166 Å². The Morgan fingerprint density at radius 3 is 1.39 bits per heavy atom. The second-order valence-electron chi connectivity index (χ2n) is 6.85. The molecule has 4 aromatic rings. The molecule has 0 radical (unpaired) electrons. The van der Waals surface area contributed by atoms with Gasteiger partial charge in [0.05, 0.1) is 6.04 Å². The first-order chi connectivity index (χ1) is 13.8. The second kappa shape index (κ2) is 8.12. The van der Waals surface area contributed by atoms with Crippen molar-refractivity contribution in [3.8, 4) is 0 Å². The van der Waals surface area contributed by atoms with Gasteiger partial charge in [0.1, 0.15) is 5.60 Å². The molecule has 28 heavy (non-hydrogen) atoms. The van der Waals surface area contributed by atoms with Gasteiger partial charge in [-0.1, -0.05) is 109 Å². The number of hydrogen-bond donors (Lipinski definition) is 2. The lowest BCUT2D eigenvalue weighted by Crippen LogP contribution is -2.39. The van der Waals surface area contributed by atoms with Gasteiger partial charge in [0.25, 0.3) is 0 Å². The fraction of sp³-hybridized carbons (Fsp3) is 0.0769. The monoisotopic (exact) mass is 365 g/mol. The van der Waals surface area contributed by atoms with Gasteiger partial charge in [-0.05, 0) is 28.8 Å². The first-order valence-electron chi connectivity index (χ1n) is 9.48. The average molecular weight is 365 g/mol. The van der Waals surface area contributed by atoms with Crippen molar-refractivity contribution in [3.63, 3.8) is 0 Å². The molecule has 0 bridgehead atoms. The summed E-state index contributed by atoms with van der Waals surface area (Å²) >= 11 is 0. The summed E-state index contributed by atoms with van der Waals surface area (Å²) in [6.07, 6.45) is 0. The minimum Gasteiger partial charge on any atom is -0.378 e. The molecule has 2 heteroatoms. The molecule has 0 spiro atoms. The summed E-state index contributed by atoms with van der Waals surface area (Å²) in [6.45, 7) is 0. The van der Waals surface area contributed by atoms with Crippen LogP contribution in [0, 0.1) is 0 Å². The third-order valence-electron chi connectivity index (χ3n) is 5.06. The van der Waals surface area contributed by atoms with E-state index in [0.29, 0.717) is 0 Å². The molecule has 0 aliphatic heterocycles. The zero-order chi connectivity index (χ0) is 19.2. The Balaban J connectivity index is 1.91. The van der Waals surface area contributed by atoms with E-state index in [1.807, 2.05) is 109 Å². The summed E-state index contributed by atoms with van der Waals surface area (Å²) in [5.41, 5.74) is 2.42. The Morgan fingerprint density at radius 1 is 0.536 bits per heavy atom. The quantitative estimate of drug-likeness (QED) is 0.454. The van der Waals surface area contributed by atoms with E-state index in [1.54, 1.807) is 0 Å². The number of para-hydroxylation sites is 1. The molecule has 0 aliphatic rings. The molecule has 1 atom stereocenters. The third kappa shape index (κ3) is 3.55. The normalized spacial score (nSPS) is 12.3. The highest BCUT2D eigenvalue weighted by atomic mass is 16.3. The fourth-order valence-corrected chi connectivity index (χ4v) is 3.66. The van der Waals surface area contributed by atoms with Gasteiger partial charge in [0, 0.05) is 5.69 Å². The van der Waals surface area contributed by atoms with E-state index >= 15 is 0 Å². The molecule has 0 amide bonds. The number of hydrogen-bond acceptors (Lipinski definition) is 2. The molecule has 0 unspecified atom stereocenters. The average Bonchev–Trinajstić information content (AvgIpc) is 2.79. The van der Waals surface area contributed by atoms with Gasteiger partial charge in [-0.25, -0.2) is 0 Å². The van der Waals surface area contributed by atoms with Gasteiger partial charge >= 0.3 is 0 Å². The fourth-order valence-electron chi connectivity index (χ4n) is 3.66. The van der Waals surface area contributed by atoms with Crippen LogP contribution in [-0.4, -0.2) is 5.11 Å². The molecule has 0 aromatic heterocycles. The molecule has 0 heterocycles. The van der Waals surface area contributed by atoms with E-state index in [0.717, 1.165) is 22.4 Å².